The average molecular weight is 319 g/mol. The van der Waals surface area contributed by atoms with Crippen molar-refractivity contribution in [1.82, 2.24) is 5.32 Å². The Morgan fingerprint density at radius 2 is 1.87 bits per heavy atom. The van der Waals surface area contributed by atoms with Crippen molar-refractivity contribution in [2.75, 3.05) is 13.7 Å². The minimum absolute atomic E-state index is 0.0502. The first kappa shape index (κ1) is 16.6. The Labute approximate surface area is 132 Å². The van der Waals surface area contributed by atoms with E-state index in [4.69, 9.17) is 0 Å². The van der Waals surface area contributed by atoms with Gasteiger partial charge in [-0.05, 0) is 30.7 Å². The van der Waals surface area contributed by atoms with Crippen LogP contribution in [-0.2, 0) is 4.74 Å². The van der Waals surface area contributed by atoms with E-state index in [0.29, 0.717) is 6.54 Å². The Balaban J connectivity index is 2.46. The zero-order valence-electron chi connectivity index (χ0n) is 12.7. The third-order valence-corrected chi connectivity index (χ3v) is 3.27. The molecule has 1 N–H and O–H groups in total. The number of halogens is 2. The van der Waals surface area contributed by atoms with Gasteiger partial charge in [0, 0.05) is 12.1 Å². The highest BCUT2D eigenvalue weighted by Crippen LogP contribution is 2.27. The molecule has 1 amide bonds. The molecule has 0 fully saturated rings. The summed E-state index contributed by atoms with van der Waals surface area (Å²) >= 11 is 0. The van der Waals surface area contributed by atoms with Crippen LogP contribution in [0.5, 0.6) is 0 Å². The molecule has 0 atom stereocenters. The highest BCUT2D eigenvalue weighted by atomic mass is 19.1. The summed E-state index contributed by atoms with van der Waals surface area (Å²) in [7, 11) is 1.15. The van der Waals surface area contributed by atoms with Gasteiger partial charge in [0.1, 0.15) is 11.6 Å². The van der Waals surface area contributed by atoms with E-state index in [0.717, 1.165) is 13.2 Å². The smallest absolute Gasteiger partial charge is 0.340 e. The van der Waals surface area contributed by atoms with E-state index in [2.05, 4.69) is 10.1 Å². The van der Waals surface area contributed by atoms with Crippen LogP contribution in [0, 0.1) is 11.6 Å². The highest BCUT2D eigenvalue weighted by Gasteiger charge is 2.18. The van der Waals surface area contributed by atoms with E-state index in [1.54, 1.807) is 6.92 Å². The van der Waals surface area contributed by atoms with E-state index in [1.165, 1.54) is 30.3 Å². The van der Waals surface area contributed by atoms with Gasteiger partial charge in [-0.15, -0.1) is 0 Å². The van der Waals surface area contributed by atoms with Crippen LogP contribution in [0.25, 0.3) is 11.1 Å². The third kappa shape index (κ3) is 3.36. The van der Waals surface area contributed by atoms with Crippen LogP contribution in [0.1, 0.15) is 27.6 Å². The van der Waals surface area contributed by atoms with Crippen LogP contribution in [0.3, 0.4) is 0 Å². The maximum Gasteiger partial charge on any atom is 0.340 e. The van der Waals surface area contributed by atoms with Crippen molar-refractivity contribution in [1.29, 1.82) is 0 Å². The van der Waals surface area contributed by atoms with E-state index in [1.807, 2.05) is 0 Å². The second-order valence-electron chi connectivity index (χ2n) is 4.71. The lowest BCUT2D eigenvalue weighted by Crippen LogP contribution is -2.23. The van der Waals surface area contributed by atoms with Gasteiger partial charge in [-0.3, -0.25) is 4.79 Å². The number of carbonyl (C=O) groups is 2. The first-order valence-electron chi connectivity index (χ1n) is 6.94. The minimum atomic E-state index is -0.816. The van der Waals surface area contributed by atoms with Gasteiger partial charge in [-0.1, -0.05) is 18.2 Å². The number of rotatable bonds is 4. The predicted octanol–water partition coefficient (Wildman–Crippen LogP) is 3.17. The summed E-state index contributed by atoms with van der Waals surface area (Å²) in [6.07, 6.45) is 0. The van der Waals surface area contributed by atoms with Gasteiger partial charge >= 0.3 is 5.97 Å². The van der Waals surface area contributed by atoms with E-state index in [-0.39, 0.29) is 22.3 Å². The van der Waals surface area contributed by atoms with Crippen molar-refractivity contribution < 1.29 is 23.1 Å². The van der Waals surface area contributed by atoms with Crippen molar-refractivity contribution in [3.05, 3.63) is 59.2 Å². The van der Waals surface area contributed by atoms with Gasteiger partial charge in [-0.2, -0.15) is 0 Å². The number of hydrogen-bond acceptors (Lipinski definition) is 3. The Bertz CT molecular complexity index is 759. The number of esters is 1. The van der Waals surface area contributed by atoms with E-state index in [9.17, 15) is 18.4 Å². The molecular weight excluding hydrogens is 304 g/mol. The molecule has 6 heteroatoms. The molecule has 0 saturated heterocycles. The second-order valence-corrected chi connectivity index (χ2v) is 4.71. The summed E-state index contributed by atoms with van der Waals surface area (Å²) in [6.45, 7) is 2.09. The number of amides is 1. The fraction of sp³-hybridized carbons (Fsp3) is 0.176. The molecule has 23 heavy (non-hydrogen) atoms. The first-order chi connectivity index (χ1) is 11.0. The molecule has 0 spiro atoms. The molecule has 0 aromatic heterocycles. The van der Waals surface area contributed by atoms with Crippen molar-refractivity contribution in [3.63, 3.8) is 0 Å². The van der Waals surface area contributed by atoms with Crippen LogP contribution >= 0.6 is 0 Å². The molecule has 2 aromatic carbocycles. The average Bonchev–Trinajstić information content (AvgIpc) is 2.54. The minimum Gasteiger partial charge on any atom is -0.465 e. The van der Waals surface area contributed by atoms with Crippen LogP contribution < -0.4 is 5.32 Å². The fourth-order valence-electron chi connectivity index (χ4n) is 2.15. The van der Waals surface area contributed by atoms with Crippen molar-refractivity contribution in [2.45, 2.75) is 6.92 Å². The van der Waals surface area contributed by atoms with Gasteiger partial charge in [0.15, 0.2) is 0 Å². The van der Waals surface area contributed by atoms with Crippen molar-refractivity contribution >= 4 is 11.9 Å². The summed E-state index contributed by atoms with van der Waals surface area (Å²) in [5.74, 6) is -2.93. The Hall–Kier alpha value is -2.76. The normalized spacial score (nSPS) is 10.3. The first-order valence-corrected chi connectivity index (χ1v) is 6.94. The second kappa shape index (κ2) is 7.00. The Morgan fingerprint density at radius 3 is 2.48 bits per heavy atom. The maximum absolute atomic E-state index is 14.4. The molecule has 0 aliphatic heterocycles. The molecule has 4 nitrogen and oxygen atoms in total. The van der Waals surface area contributed by atoms with Gasteiger partial charge in [0.2, 0.25) is 0 Å². The number of methoxy groups -OCH3 is 1. The third-order valence-electron chi connectivity index (χ3n) is 3.27. The monoisotopic (exact) mass is 319 g/mol. The lowest BCUT2D eigenvalue weighted by atomic mass is 10.00. The molecule has 0 bridgehead atoms. The Morgan fingerprint density at radius 1 is 1.13 bits per heavy atom. The number of ether oxygens (including phenoxy) is 1. The molecule has 0 radical (unpaired) electrons. The van der Waals surface area contributed by atoms with Crippen molar-refractivity contribution in [3.8, 4) is 11.1 Å². The molecule has 0 unspecified atom stereocenters. The molecule has 120 valence electrons. The summed E-state index contributed by atoms with van der Waals surface area (Å²) in [5.41, 5.74) is -0.0913. The number of nitrogens with one attached hydrogen (secondary N) is 1. The largest absolute Gasteiger partial charge is 0.465 e. The lowest BCUT2D eigenvalue weighted by Gasteiger charge is -2.09. The molecule has 2 aromatic rings. The maximum atomic E-state index is 14.4. The quantitative estimate of drug-likeness (QED) is 0.881. The Kier molecular flexibility index (Phi) is 5.05. The van der Waals surface area contributed by atoms with Gasteiger partial charge < -0.3 is 10.1 Å². The molecule has 0 aliphatic carbocycles. The SMILES string of the molecule is CCNC(=O)c1ccc(-c2cccc(C(=O)OC)c2F)cc1F. The number of benzene rings is 2. The van der Waals surface area contributed by atoms with E-state index >= 15 is 0 Å². The molecule has 2 rings (SSSR count). The lowest BCUT2D eigenvalue weighted by molar-refractivity contribution is 0.0595. The topological polar surface area (TPSA) is 55.4 Å². The highest BCUT2D eigenvalue weighted by molar-refractivity contribution is 5.95. The van der Waals surface area contributed by atoms with E-state index < -0.39 is 23.5 Å². The van der Waals surface area contributed by atoms with Gasteiger partial charge in [-0.25, -0.2) is 13.6 Å². The molecule has 0 aliphatic rings. The van der Waals surface area contributed by atoms with Crippen LogP contribution in [0.2, 0.25) is 0 Å². The fourth-order valence-corrected chi connectivity index (χ4v) is 2.15. The van der Waals surface area contributed by atoms with Crippen LogP contribution in [-0.4, -0.2) is 25.5 Å². The van der Waals surface area contributed by atoms with Crippen LogP contribution in [0.4, 0.5) is 8.78 Å². The van der Waals surface area contributed by atoms with Gasteiger partial charge in [0.25, 0.3) is 5.91 Å². The van der Waals surface area contributed by atoms with Crippen molar-refractivity contribution in [2.24, 2.45) is 0 Å². The molecule has 0 saturated carbocycles. The standard InChI is InChI=1S/C17H15F2NO3/c1-3-20-16(21)12-8-7-10(9-14(12)18)11-5-4-6-13(15(11)19)17(22)23-2/h4-9H,3H2,1-2H3,(H,20,21). The number of hydrogen-bond donors (Lipinski definition) is 1. The number of carbonyl (C=O) groups excluding carboxylic acids is 2. The zero-order valence-corrected chi connectivity index (χ0v) is 12.7. The summed E-state index contributed by atoms with van der Waals surface area (Å²) in [5, 5.41) is 2.49. The molecule has 0 heterocycles. The summed E-state index contributed by atoms with van der Waals surface area (Å²) in [4.78, 5) is 23.2. The zero-order chi connectivity index (χ0) is 17.0. The summed E-state index contributed by atoms with van der Waals surface area (Å²) in [6, 6.07) is 7.93. The van der Waals surface area contributed by atoms with Crippen LogP contribution in [0.15, 0.2) is 36.4 Å². The van der Waals surface area contributed by atoms with Gasteiger partial charge in [0.05, 0.1) is 18.2 Å². The predicted molar refractivity (Wildman–Crippen MR) is 81.1 cm³/mol. The molecular formula is C17H15F2NO3. The summed E-state index contributed by atoms with van der Waals surface area (Å²) < 4.78 is 33.0.